The molecule has 0 unspecified atom stereocenters. The topological polar surface area (TPSA) is 41.6 Å². The van der Waals surface area contributed by atoms with Gasteiger partial charge in [-0.15, -0.1) is 0 Å². The smallest absolute Gasteiger partial charge is 0.161 e. The maximum Gasteiger partial charge on any atom is 0.161 e. The molecule has 1 aromatic carbocycles. The molecule has 0 fully saturated rings. The van der Waals surface area contributed by atoms with Gasteiger partial charge in [-0.25, -0.2) is 9.97 Å². The lowest BCUT2D eigenvalue weighted by Crippen LogP contribution is -1.99. The molecule has 0 atom stereocenters. The molecule has 0 aliphatic rings. The van der Waals surface area contributed by atoms with E-state index in [9.17, 15) is 0 Å². The molecule has 3 rings (SSSR count). The Labute approximate surface area is 120 Å². The molecule has 0 radical (unpaired) electrons. The molecular formula is C15H14BrN3. The van der Waals surface area contributed by atoms with Gasteiger partial charge in [0.05, 0.1) is 11.1 Å². The van der Waals surface area contributed by atoms with E-state index in [2.05, 4.69) is 39.7 Å². The van der Waals surface area contributed by atoms with Crippen LogP contribution in [0, 0.1) is 0 Å². The number of hydrogen-bond donors (Lipinski definition) is 1. The summed E-state index contributed by atoms with van der Waals surface area (Å²) in [5.74, 6) is 1.12. The number of halogens is 1. The molecule has 0 amide bonds. The molecular weight excluding hydrogens is 302 g/mol. The maximum absolute atomic E-state index is 4.74. The summed E-state index contributed by atoms with van der Waals surface area (Å²) in [6.07, 6.45) is 1.92. The molecule has 96 valence electrons. The van der Waals surface area contributed by atoms with E-state index in [0.29, 0.717) is 5.92 Å². The summed E-state index contributed by atoms with van der Waals surface area (Å²) in [7, 11) is 0. The first-order valence-corrected chi connectivity index (χ1v) is 7.06. The number of benzene rings is 1. The van der Waals surface area contributed by atoms with Gasteiger partial charge < -0.3 is 4.98 Å². The molecule has 3 aromatic rings. The van der Waals surface area contributed by atoms with Crippen molar-refractivity contribution in [2.24, 2.45) is 0 Å². The second-order valence-corrected chi connectivity index (χ2v) is 5.67. The molecule has 0 aliphatic heterocycles. The minimum atomic E-state index is 0.347. The van der Waals surface area contributed by atoms with Crippen molar-refractivity contribution >= 4 is 27.0 Å². The van der Waals surface area contributed by atoms with Gasteiger partial charge >= 0.3 is 0 Å². The van der Waals surface area contributed by atoms with Crippen LogP contribution in [-0.4, -0.2) is 15.0 Å². The van der Waals surface area contributed by atoms with E-state index >= 15 is 0 Å². The number of fused-ring (bicyclic) bond motifs is 1. The minimum absolute atomic E-state index is 0.347. The van der Waals surface area contributed by atoms with Crippen molar-refractivity contribution in [3.8, 4) is 11.4 Å². The van der Waals surface area contributed by atoms with E-state index in [1.807, 2.05) is 36.5 Å². The summed E-state index contributed by atoms with van der Waals surface area (Å²) in [6.45, 7) is 4.30. The summed E-state index contributed by atoms with van der Waals surface area (Å²) in [5, 5.41) is 1.08. The van der Waals surface area contributed by atoms with Crippen molar-refractivity contribution < 1.29 is 0 Å². The Morgan fingerprint density at radius 1 is 1.11 bits per heavy atom. The van der Waals surface area contributed by atoms with Gasteiger partial charge in [-0.2, -0.15) is 0 Å². The number of nitrogens with one attached hydrogen (secondary N) is 1. The van der Waals surface area contributed by atoms with Crippen LogP contribution in [0.4, 0.5) is 0 Å². The van der Waals surface area contributed by atoms with Crippen molar-refractivity contribution in [1.29, 1.82) is 0 Å². The minimum Gasteiger partial charge on any atom is -0.345 e. The Morgan fingerprint density at radius 3 is 2.53 bits per heavy atom. The first kappa shape index (κ1) is 12.4. The van der Waals surface area contributed by atoms with E-state index in [1.54, 1.807) is 0 Å². The molecule has 0 saturated carbocycles. The SMILES string of the molecule is CC(C)c1nc(-c2ccccc2)nc2[nH]cc(Br)c12. The fourth-order valence-corrected chi connectivity index (χ4v) is 2.66. The number of hydrogen-bond acceptors (Lipinski definition) is 2. The number of H-pyrrole nitrogens is 1. The highest BCUT2D eigenvalue weighted by Gasteiger charge is 2.15. The van der Waals surface area contributed by atoms with Gasteiger partial charge in [0.25, 0.3) is 0 Å². The van der Waals surface area contributed by atoms with E-state index in [0.717, 1.165) is 32.6 Å². The van der Waals surface area contributed by atoms with Gasteiger partial charge in [0, 0.05) is 16.2 Å². The zero-order chi connectivity index (χ0) is 13.4. The van der Waals surface area contributed by atoms with Crippen LogP contribution in [0.2, 0.25) is 0 Å². The van der Waals surface area contributed by atoms with Gasteiger partial charge in [0.1, 0.15) is 5.65 Å². The fourth-order valence-electron chi connectivity index (χ4n) is 2.16. The van der Waals surface area contributed by atoms with E-state index in [4.69, 9.17) is 4.98 Å². The molecule has 1 N–H and O–H groups in total. The van der Waals surface area contributed by atoms with E-state index in [1.165, 1.54) is 0 Å². The molecule has 0 spiro atoms. The molecule has 0 bridgehead atoms. The van der Waals surface area contributed by atoms with Gasteiger partial charge in [0.15, 0.2) is 5.82 Å². The second-order valence-electron chi connectivity index (χ2n) is 4.81. The third-order valence-corrected chi connectivity index (χ3v) is 3.72. The summed E-state index contributed by atoms with van der Waals surface area (Å²) in [6, 6.07) is 10.1. The largest absolute Gasteiger partial charge is 0.345 e. The van der Waals surface area contributed by atoms with Crippen LogP contribution < -0.4 is 0 Å². The van der Waals surface area contributed by atoms with Crippen molar-refractivity contribution in [2.45, 2.75) is 19.8 Å². The quantitative estimate of drug-likeness (QED) is 0.756. The lowest BCUT2D eigenvalue weighted by molar-refractivity contribution is 0.830. The Balaban J connectivity index is 2.29. The highest BCUT2D eigenvalue weighted by Crippen LogP contribution is 2.31. The van der Waals surface area contributed by atoms with Crippen molar-refractivity contribution in [3.63, 3.8) is 0 Å². The third kappa shape index (κ3) is 2.16. The van der Waals surface area contributed by atoms with Gasteiger partial charge in [0.2, 0.25) is 0 Å². The third-order valence-electron chi connectivity index (χ3n) is 3.09. The van der Waals surface area contributed by atoms with Crippen LogP contribution >= 0.6 is 15.9 Å². The van der Waals surface area contributed by atoms with Gasteiger partial charge in [-0.1, -0.05) is 44.2 Å². The van der Waals surface area contributed by atoms with Crippen LogP contribution in [-0.2, 0) is 0 Å². The van der Waals surface area contributed by atoms with Crippen LogP contribution in [0.1, 0.15) is 25.5 Å². The Kier molecular flexibility index (Phi) is 3.11. The number of aromatic nitrogens is 3. The lowest BCUT2D eigenvalue weighted by atomic mass is 10.1. The summed E-state index contributed by atoms with van der Waals surface area (Å²) >= 11 is 3.56. The predicted molar refractivity (Wildman–Crippen MR) is 81.1 cm³/mol. The first-order chi connectivity index (χ1) is 9.16. The van der Waals surface area contributed by atoms with Crippen molar-refractivity contribution in [1.82, 2.24) is 15.0 Å². The van der Waals surface area contributed by atoms with Crippen LogP contribution in [0.15, 0.2) is 41.0 Å². The Morgan fingerprint density at radius 2 is 1.84 bits per heavy atom. The maximum atomic E-state index is 4.74. The lowest BCUT2D eigenvalue weighted by Gasteiger charge is -2.09. The summed E-state index contributed by atoms with van der Waals surface area (Å²) in [5.41, 5.74) is 2.98. The molecule has 4 heteroatoms. The molecule has 3 nitrogen and oxygen atoms in total. The van der Waals surface area contributed by atoms with Crippen molar-refractivity contribution in [3.05, 3.63) is 46.7 Å². The molecule has 19 heavy (non-hydrogen) atoms. The number of aromatic amines is 1. The highest BCUT2D eigenvalue weighted by atomic mass is 79.9. The van der Waals surface area contributed by atoms with E-state index in [-0.39, 0.29) is 0 Å². The van der Waals surface area contributed by atoms with Crippen molar-refractivity contribution in [2.75, 3.05) is 0 Å². The monoisotopic (exact) mass is 315 g/mol. The number of nitrogens with zero attached hydrogens (tertiary/aromatic N) is 2. The van der Waals surface area contributed by atoms with E-state index < -0.39 is 0 Å². The predicted octanol–water partition coefficient (Wildman–Crippen LogP) is 4.51. The average Bonchev–Trinajstić information content (AvgIpc) is 2.80. The number of rotatable bonds is 2. The standard InChI is InChI=1S/C15H14BrN3/c1-9(2)13-12-11(16)8-17-15(12)19-14(18-13)10-6-4-3-5-7-10/h3-9H,1-2H3,(H,17,18,19). The van der Waals surface area contributed by atoms with Crippen LogP contribution in [0.5, 0.6) is 0 Å². The zero-order valence-corrected chi connectivity index (χ0v) is 12.4. The fraction of sp³-hybridized carbons (Fsp3) is 0.200. The molecule has 0 saturated heterocycles. The van der Waals surface area contributed by atoms with Gasteiger partial charge in [-0.05, 0) is 21.8 Å². The normalized spacial score (nSPS) is 11.4. The van der Waals surface area contributed by atoms with Crippen LogP contribution in [0.3, 0.4) is 0 Å². The summed E-state index contributed by atoms with van der Waals surface area (Å²) in [4.78, 5) is 12.6. The Hall–Kier alpha value is -1.68. The second kappa shape index (κ2) is 4.78. The molecule has 2 aromatic heterocycles. The van der Waals surface area contributed by atoms with Crippen LogP contribution in [0.25, 0.3) is 22.4 Å². The van der Waals surface area contributed by atoms with Gasteiger partial charge in [-0.3, -0.25) is 0 Å². The zero-order valence-electron chi connectivity index (χ0n) is 10.8. The summed E-state index contributed by atoms with van der Waals surface area (Å²) < 4.78 is 1.02. The average molecular weight is 316 g/mol. The Bertz CT molecular complexity index is 717. The molecule has 0 aliphatic carbocycles. The molecule has 2 heterocycles. The highest BCUT2D eigenvalue weighted by molar-refractivity contribution is 9.10. The first-order valence-electron chi connectivity index (χ1n) is 6.26.